The topological polar surface area (TPSA) is 99.9 Å². The number of hydrogen-bond donors (Lipinski definition) is 0. The largest absolute Gasteiger partial charge is 0.495 e. The van der Waals surface area contributed by atoms with Crippen molar-refractivity contribution in [2.45, 2.75) is 6.92 Å². The van der Waals surface area contributed by atoms with Crippen molar-refractivity contribution in [1.29, 1.82) is 0 Å². The highest BCUT2D eigenvalue weighted by Gasteiger charge is 2.18. The normalized spacial score (nSPS) is 11.9. The van der Waals surface area contributed by atoms with Crippen molar-refractivity contribution in [2.75, 3.05) is 7.11 Å². The summed E-state index contributed by atoms with van der Waals surface area (Å²) in [6.07, 6.45) is 0. The van der Waals surface area contributed by atoms with Gasteiger partial charge in [-0.15, -0.1) is 0 Å². The Morgan fingerprint density at radius 1 is 1.38 bits per heavy atom. The quantitative estimate of drug-likeness (QED) is 0.536. The summed E-state index contributed by atoms with van der Waals surface area (Å²) in [7, 11) is 3.35. The average Bonchev–Trinajstić information content (AvgIpc) is 3.15. The van der Waals surface area contributed by atoms with Gasteiger partial charge in [-0.2, -0.15) is 4.99 Å². The zero-order valence-corrected chi connectivity index (χ0v) is 13.9. The number of rotatable bonds is 3. The molecule has 3 rings (SSSR count). The standard InChI is InChI=1S/C15H13N3O5S/c1-8-4-5-9(22-3)12-13(8)24-15(17(12)2)16-14(19)10-6-7-11(23-10)18(20)21/h4-7H,1-3H3. The van der Waals surface area contributed by atoms with Gasteiger partial charge in [0.2, 0.25) is 5.76 Å². The van der Waals surface area contributed by atoms with Crippen LogP contribution in [-0.2, 0) is 7.05 Å². The maximum Gasteiger partial charge on any atom is 0.433 e. The van der Waals surface area contributed by atoms with Crippen LogP contribution in [0.4, 0.5) is 5.88 Å². The fourth-order valence-electron chi connectivity index (χ4n) is 2.30. The molecule has 2 heterocycles. The lowest BCUT2D eigenvalue weighted by Crippen LogP contribution is -2.13. The summed E-state index contributed by atoms with van der Waals surface area (Å²) in [6, 6.07) is 6.15. The molecule has 1 aromatic carbocycles. The van der Waals surface area contributed by atoms with E-state index < -0.39 is 16.7 Å². The number of nitro groups is 1. The van der Waals surface area contributed by atoms with E-state index in [2.05, 4.69) is 4.99 Å². The highest BCUT2D eigenvalue weighted by molar-refractivity contribution is 7.16. The van der Waals surface area contributed by atoms with Crippen molar-refractivity contribution in [3.8, 4) is 5.75 Å². The van der Waals surface area contributed by atoms with Crippen molar-refractivity contribution in [3.05, 3.63) is 50.5 Å². The molecule has 0 N–H and O–H groups in total. The van der Waals surface area contributed by atoms with Crippen molar-refractivity contribution in [2.24, 2.45) is 12.0 Å². The lowest BCUT2D eigenvalue weighted by atomic mass is 10.2. The first kappa shape index (κ1) is 15.9. The molecule has 24 heavy (non-hydrogen) atoms. The number of benzene rings is 1. The van der Waals surface area contributed by atoms with E-state index in [-0.39, 0.29) is 5.76 Å². The summed E-state index contributed by atoms with van der Waals surface area (Å²) in [5, 5.41) is 10.6. The molecule has 0 spiro atoms. The summed E-state index contributed by atoms with van der Waals surface area (Å²) in [6.45, 7) is 1.96. The molecule has 8 nitrogen and oxygen atoms in total. The first-order valence-electron chi connectivity index (χ1n) is 6.88. The maximum atomic E-state index is 12.2. The van der Waals surface area contributed by atoms with E-state index in [0.29, 0.717) is 10.6 Å². The molecule has 0 bridgehead atoms. The van der Waals surface area contributed by atoms with E-state index in [9.17, 15) is 14.9 Å². The minimum Gasteiger partial charge on any atom is -0.495 e. The summed E-state index contributed by atoms with van der Waals surface area (Å²) in [5.41, 5.74) is 1.87. The Morgan fingerprint density at radius 3 is 2.75 bits per heavy atom. The van der Waals surface area contributed by atoms with Crippen LogP contribution in [0.5, 0.6) is 5.75 Å². The number of carbonyl (C=O) groups is 1. The number of aryl methyl sites for hydroxylation is 2. The van der Waals surface area contributed by atoms with Crippen LogP contribution >= 0.6 is 11.3 Å². The van der Waals surface area contributed by atoms with Crippen LogP contribution in [-0.4, -0.2) is 22.5 Å². The van der Waals surface area contributed by atoms with Gasteiger partial charge < -0.3 is 13.7 Å². The summed E-state index contributed by atoms with van der Waals surface area (Å²) < 4.78 is 13.0. The van der Waals surface area contributed by atoms with Crippen LogP contribution in [0.1, 0.15) is 16.1 Å². The minimum absolute atomic E-state index is 0.178. The minimum atomic E-state index is -0.704. The molecule has 3 aromatic rings. The lowest BCUT2D eigenvalue weighted by molar-refractivity contribution is -0.402. The zero-order chi connectivity index (χ0) is 17.4. The Morgan fingerprint density at radius 2 is 2.12 bits per heavy atom. The van der Waals surface area contributed by atoms with E-state index in [1.54, 1.807) is 18.7 Å². The van der Waals surface area contributed by atoms with E-state index in [1.165, 1.54) is 17.4 Å². The third-order valence-electron chi connectivity index (χ3n) is 3.51. The molecular formula is C15H13N3O5S. The third kappa shape index (κ3) is 2.58. The van der Waals surface area contributed by atoms with Gasteiger partial charge in [0.15, 0.2) is 4.80 Å². The van der Waals surface area contributed by atoms with E-state index in [1.807, 2.05) is 19.1 Å². The predicted octanol–water partition coefficient (Wildman–Crippen LogP) is 2.80. The molecule has 2 aromatic heterocycles. The fraction of sp³-hybridized carbons (Fsp3) is 0.200. The number of amides is 1. The number of methoxy groups -OCH3 is 1. The second kappa shape index (κ2) is 5.93. The van der Waals surface area contributed by atoms with Gasteiger partial charge in [-0.3, -0.25) is 14.9 Å². The van der Waals surface area contributed by atoms with Gasteiger partial charge in [0.1, 0.15) is 16.2 Å². The van der Waals surface area contributed by atoms with Gasteiger partial charge >= 0.3 is 11.8 Å². The molecule has 0 saturated heterocycles. The summed E-state index contributed by atoms with van der Waals surface area (Å²) in [4.78, 5) is 26.6. The van der Waals surface area contributed by atoms with Crippen molar-refractivity contribution >= 4 is 33.3 Å². The molecule has 0 aliphatic heterocycles. The average molecular weight is 347 g/mol. The molecule has 0 fully saturated rings. The van der Waals surface area contributed by atoms with E-state index in [4.69, 9.17) is 9.15 Å². The van der Waals surface area contributed by atoms with Crippen LogP contribution in [0.3, 0.4) is 0 Å². The van der Waals surface area contributed by atoms with Gasteiger partial charge in [0, 0.05) is 7.05 Å². The van der Waals surface area contributed by atoms with Crippen LogP contribution < -0.4 is 9.54 Å². The Bertz CT molecular complexity index is 1030. The SMILES string of the molecule is COc1ccc(C)c2sc(=NC(=O)c3ccc([N+](=O)[O-])o3)n(C)c12. The second-order valence-corrected chi connectivity index (χ2v) is 6.00. The predicted molar refractivity (Wildman–Crippen MR) is 87.3 cm³/mol. The number of aromatic nitrogens is 1. The number of fused-ring (bicyclic) bond motifs is 1. The molecule has 0 radical (unpaired) electrons. The van der Waals surface area contributed by atoms with Crippen LogP contribution in [0, 0.1) is 17.0 Å². The van der Waals surface area contributed by atoms with Gasteiger partial charge in [0.05, 0.1) is 17.9 Å². The van der Waals surface area contributed by atoms with Crippen LogP contribution in [0.15, 0.2) is 33.7 Å². The van der Waals surface area contributed by atoms with Gasteiger partial charge in [-0.25, -0.2) is 0 Å². The van der Waals surface area contributed by atoms with Crippen molar-refractivity contribution in [1.82, 2.24) is 4.57 Å². The smallest absolute Gasteiger partial charge is 0.433 e. The number of hydrogen-bond acceptors (Lipinski definition) is 6. The molecule has 9 heteroatoms. The lowest BCUT2D eigenvalue weighted by Gasteiger charge is -2.05. The second-order valence-electron chi connectivity index (χ2n) is 5.02. The molecule has 0 atom stereocenters. The Balaban J connectivity index is 2.13. The van der Waals surface area contributed by atoms with Crippen molar-refractivity contribution < 1.29 is 18.9 Å². The van der Waals surface area contributed by atoms with Crippen LogP contribution in [0.25, 0.3) is 10.2 Å². The van der Waals surface area contributed by atoms with Gasteiger partial charge in [-0.1, -0.05) is 17.4 Å². The maximum absolute atomic E-state index is 12.2. The van der Waals surface area contributed by atoms with Crippen molar-refractivity contribution in [3.63, 3.8) is 0 Å². The number of carbonyl (C=O) groups excluding carboxylic acids is 1. The fourth-order valence-corrected chi connectivity index (χ4v) is 3.40. The highest BCUT2D eigenvalue weighted by Crippen LogP contribution is 2.29. The third-order valence-corrected chi connectivity index (χ3v) is 4.77. The molecule has 0 aliphatic rings. The Kier molecular flexibility index (Phi) is 3.94. The summed E-state index contributed by atoms with van der Waals surface area (Å²) >= 11 is 1.34. The first-order valence-corrected chi connectivity index (χ1v) is 7.70. The Labute approximate surface area is 139 Å². The zero-order valence-electron chi connectivity index (χ0n) is 13.1. The van der Waals surface area contributed by atoms with Gasteiger partial charge in [-0.05, 0) is 24.6 Å². The van der Waals surface area contributed by atoms with Gasteiger partial charge in [0.25, 0.3) is 0 Å². The van der Waals surface area contributed by atoms with Crippen LogP contribution in [0.2, 0.25) is 0 Å². The summed E-state index contributed by atoms with van der Waals surface area (Å²) in [5.74, 6) is -0.673. The van der Waals surface area contributed by atoms with E-state index >= 15 is 0 Å². The highest BCUT2D eigenvalue weighted by atomic mass is 32.1. The molecule has 0 unspecified atom stereocenters. The first-order chi connectivity index (χ1) is 11.4. The number of furan rings is 1. The molecule has 0 saturated carbocycles. The number of nitrogens with zero attached hydrogens (tertiary/aromatic N) is 3. The van der Waals surface area contributed by atoms with E-state index in [0.717, 1.165) is 21.8 Å². The Hall–Kier alpha value is -2.94. The molecule has 124 valence electrons. The molecule has 1 amide bonds. The molecular weight excluding hydrogens is 334 g/mol. The number of ether oxygens (including phenoxy) is 1. The number of thiazole rings is 1. The molecule has 0 aliphatic carbocycles. The monoisotopic (exact) mass is 347 g/mol.